The van der Waals surface area contributed by atoms with Gasteiger partial charge in [-0.1, -0.05) is 266 Å². The SMILES string of the molecule is CC/C=C\C/C=C\C/C=C\C/C=C\C/C=C\CCCC(=O)NC(COC1OC(CO)C(OC2OC(CO)C(O)C(O)C2O)C(O)C1O)C(O)/C=C/CC/C=C/CCCCCCCCCCCCCCCCCCCCCCCCCCCCC. The molecular formula is C70H123NO13. The van der Waals surface area contributed by atoms with Crippen LogP contribution in [0.25, 0.3) is 0 Å². The van der Waals surface area contributed by atoms with E-state index < -0.39 is 86.8 Å². The summed E-state index contributed by atoms with van der Waals surface area (Å²) in [6, 6.07) is -0.968. The van der Waals surface area contributed by atoms with Crippen molar-refractivity contribution in [2.45, 2.75) is 331 Å². The van der Waals surface area contributed by atoms with Gasteiger partial charge in [0.2, 0.25) is 5.91 Å². The van der Waals surface area contributed by atoms with Gasteiger partial charge in [0.05, 0.1) is 32.0 Å². The monoisotopic (exact) mass is 1190 g/mol. The number of unbranched alkanes of at least 4 members (excludes halogenated alkanes) is 29. The summed E-state index contributed by atoms with van der Waals surface area (Å²) in [6.45, 7) is 2.64. The molecule has 12 unspecified atom stereocenters. The Morgan fingerprint density at radius 3 is 1.31 bits per heavy atom. The van der Waals surface area contributed by atoms with Crippen LogP contribution >= 0.6 is 0 Å². The van der Waals surface area contributed by atoms with Gasteiger partial charge < -0.3 is 65.1 Å². The normalized spacial score (nSPS) is 24.2. The topological polar surface area (TPSA) is 228 Å². The van der Waals surface area contributed by atoms with Crippen LogP contribution < -0.4 is 5.32 Å². The first-order valence-corrected chi connectivity index (χ1v) is 33.8. The molecule has 0 aromatic rings. The molecule has 0 bridgehead atoms. The average Bonchev–Trinajstić information content (AvgIpc) is 3.18. The molecule has 0 aromatic heterocycles. The minimum atomic E-state index is -1.80. The molecule has 84 heavy (non-hydrogen) atoms. The van der Waals surface area contributed by atoms with E-state index >= 15 is 0 Å². The van der Waals surface area contributed by atoms with E-state index in [1.807, 2.05) is 12.2 Å². The first kappa shape index (κ1) is 77.3. The van der Waals surface area contributed by atoms with Gasteiger partial charge in [-0.05, 0) is 70.6 Å². The van der Waals surface area contributed by atoms with E-state index in [0.717, 1.165) is 44.9 Å². The first-order chi connectivity index (χ1) is 41.1. The van der Waals surface area contributed by atoms with Crippen molar-refractivity contribution >= 4 is 5.91 Å². The van der Waals surface area contributed by atoms with Gasteiger partial charge in [-0.25, -0.2) is 0 Å². The minimum Gasteiger partial charge on any atom is -0.394 e. The average molecular weight is 1190 g/mol. The number of carbonyl (C=O) groups is 1. The predicted octanol–water partition coefficient (Wildman–Crippen LogP) is 13.2. The van der Waals surface area contributed by atoms with Crippen LogP contribution in [0, 0.1) is 0 Å². The highest BCUT2D eigenvalue weighted by Gasteiger charge is 2.51. The number of aliphatic hydroxyl groups is 8. The number of rotatable bonds is 54. The van der Waals surface area contributed by atoms with Crippen LogP contribution in [0.1, 0.15) is 258 Å². The molecule has 0 aliphatic carbocycles. The molecule has 0 saturated carbocycles. The standard InChI is InChI=1S/C70H123NO13/c1-3-5-7-9-11-13-15-17-19-21-22-23-24-25-26-27-28-29-30-31-32-33-34-35-36-38-39-41-43-45-47-49-51-53-59(74)58(71-62(75)54-52-50-48-46-44-42-40-37-20-18-16-14-12-10-8-6-4-2)57-81-69-67(80)65(78)68(61(56-73)83-69)84-70-66(79)64(77)63(76)60(55-72)82-70/h6,8,12,14,18,20,40,42-43,45-46,48,51,53,58-61,63-70,72-74,76-80H,3-5,7,9-11,13,15-17,19,21-39,41,44,47,49-50,52,54-57H2,1-2H3,(H,71,75)/b8-6-,14-12-,20-18-,42-40-,45-43+,48-46-,53-51+. The zero-order valence-electron chi connectivity index (χ0n) is 52.6. The van der Waals surface area contributed by atoms with Crippen molar-refractivity contribution in [3.63, 3.8) is 0 Å². The lowest BCUT2D eigenvalue weighted by atomic mass is 9.97. The predicted molar refractivity (Wildman–Crippen MR) is 341 cm³/mol. The Morgan fingerprint density at radius 1 is 0.440 bits per heavy atom. The summed E-state index contributed by atoms with van der Waals surface area (Å²) in [7, 11) is 0. The number of allylic oxidation sites excluding steroid dienone is 13. The maximum atomic E-state index is 13.2. The van der Waals surface area contributed by atoms with Crippen molar-refractivity contribution in [3.8, 4) is 0 Å². The van der Waals surface area contributed by atoms with Crippen LogP contribution in [0.3, 0.4) is 0 Å². The second kappa shape index (κ2) is 54.3. The number of aliphatic hydroxyl groups excluding tert-OH is 8. The van der Waals surface area contributed by atoms with E-state index in [2.05, 4.69) is 86.0 Å². The molecule has 0 aromatic carbocycles. The van der Waals surface area contributed by atoms with Crippen LogP contribution in [-0.4, -0.2) is 140 Å². The van der Waals surface area contributed by atoms with Gasteiger partial charge in [0.25, 0.3) is 0 Å². The van der Waals surface area contributed by atoms with Gasteiger partial charge in [0, 0.05) is 6.42 Å². The van der Waals surface area contributed by atoms with Gasteiger partial charge >= 0.3 is 0 Å². The Hall–Kier alpha value is -2.83. The molecule has 12 atom stereocenters. The van der Waals surface area contributed by atoms with Crippen LogP contribution in [0.5, 0.6) is 0 Å². The summed E-state index contributed by atoms with van der Waals surface area (Å²) >= 11 is 0. The third kappa shape index (κ3) is 38.4. The van der Waals surface area contributed by atoms with Gasteiger partial charge in [-0.2, -0.15) is 0 Å². The Bertz CT molecular complexity index is 1730. The molecule has 0 radical (unpaired) electrons. The fourth-order valence-electron chi connectivity index (χ4n) is 10.7. The van der Waals surface area contributed by atoms with Crippen LogP contribution in [0.4, 0.5) is 0 Å². The molecule has 2 heterocycles. The lowest BCUT2D eigenvalue weighted by Crippen LogP contribution is -2.65. The van der Waals surface area contributed by atoms with Crippen LogP contribution in [0.2, 0.25) is 0 Å². The van der Waals surface area contributed by atoms with Gasteiger partial charge in [0.1, 0.15) is 48.8 Å². The lowest BCUT2D eigenvalue weighted by molar-refractivity contribution is -0.359. The van der Waals surface area contributed by atoms with Crippen molar-refractivity contribution in [3.05, 3.63) is 85.1 Å². The van der Waals surface area contributed by atoms with E-state index in [-0.39, 0.29) is 18.9 Å². The molecule has 2 aliphatic heterocycles. The molecule has 2 saturated heterocycles. The zero-order valence-corrected chi connectivity index (χ0v) is 52.6. The quantitative estimate of drug-likeness (QED) is 0.0204. The minimum absolute atomic E-state index is 0.191. The largest absolute Gasteiger partial charge is 0.394 e. The molecule has 14 heteroatoms. The van der Waals surface area contributed by atoms with E-state index in [4.69, 9.17) is 18.9 Å². The maximum absolute atomic E-state index is 13.2. The third-order valence-corrected chi connectivity index (χ3v) is 16.1. The number of amides is 1. The Morgan fingerprint density at radius 2 is 0.833 bits per heavy atom. The molecule has 0 spiro atoms. The fourth-order valence-corrected chi connectivity index (χ4v) is 10.7. The molecule has 1 amide bonds. The Kier molecular flexibility index (Phi) is 50.0. The molecule has 2 aliphatic rings. The molecule has 2 fully saturated rings. The Balaban J connectivity index is 1.69. The molecule has 14 nitrogen and oxygen atoms in total. The lowest BCUT2D eigenvalue weighted by Gasteiger charge is -2.46. The maximum Gasteiger partial charge on any atom is 0.220 e. The van der Waals surface area contributed by atoms with Crippen LogP contribution in [0.15, 0.2) is 85.1 Å². The number of hydrogen-bond acceptors (Lipinski definition) is 13. The third-order valence-electron chi connectivity index (χ3n) is 16.1. The zero-order chi connectivity index (χ0) is 60.9. The van der Waals surface area contributed by atoms with Gasteiger partial charge in [-0.15, -0.1) is 0 Å². The molecule has 486 valence electrons. The van der Waals surface area contributed by atoms with E-state index in [9.17, 15) is 45.6 Å². The van der Waals surface area contributed by atoms with Crippen molar-refractivity contribution in [2.24, 2.45) is 0 Å². The van der Waals surface area contributed by atoms with Crippen molar-refractivity contribution in [1.29, 1.82) is 0 Å². The summed E-state index contributed by atoms with van der Waals surface area (Å²) in [5.41, 5.74) is 0. The van der Waals surface area contributed by atoms with Crippen LogP contribution in [-0.2, 0) is 23.7 Å². The highest BCUT2D eigenvalue weighted by Crippen LogP contribution is 2.30. The summed E-state index contributed by atoms with van der Waals surface area (Å²) in [6.07, 6.45) is 58.1. The molecule has 2 rings (SSSR count). The number of carbonyl (C=O) groups excluding carboxylic acids is 1. The highest BCUT2D eigenvalue weighted by atomic mass is 16.7. The fraction of sp³-hybridized carbons (Fsp3) is 0.786. The van der Waals surface area contributed by atoms with Gasteiger partial charge in [-0.3, -0.25) is 4.79 Å². The van der Waals surface area contributed by atoms with E-state index in [1.165, 1.54) is 173 Å². The van der Waals surface area contributed by atoms with Crippen molar-refractivity contribution in [1.82, 2.24) is 5.32 Å². The number of ether oxygens (including phenoxy) is 4. The number of nitrogens with one attached hydrogen (secondary N) is 1. The Labute approximate surface area is 510 Å². The first-order valence-electron chi connectivity index (χ1n) is 33.8. The second-order valence-corrected chi connectivity index (χ2v) is 23.6. The van der Waals surface area contributed by atoms with Gasteiger partial charge in [0.15, 0.2) is 12.6 Å². The smallest absolute Gasteiger partial charge is 0.220 e. The second-order valence-electron chi connectivity index (χ2n) is 23.6. The van der Waals surface area contributed by atoms with E-state index in [1.54, 1.807) is 6.08 Å². The summed E-state index contributed by atoms with van der Waals surface area (Å²) < 4.78 is 22.8. The van der Waals surface area contributed by atoms with Crippen molar-refractivity contribution < 1.29 is 64.6 Å². The molecule has 9 N–H and O–H groups in total. The summed E-state index contributed by atoms with van der Waals surface area (Å²) in [5.74, 6) is -0.307. The van der Waals surface area contributed by atoms with E-state index in [0.29, 0.717) is 19.3 Å². The summed E-state index contributed by atoms with van der Waals surface area (Å²) in [4.78, 5) is 13.2. The highest BCUT2D eigenvalue weighted by molar-refractivity contribution is 5.76. The molecular weight excluding hydrogens is 1060 g/mol. The summed E-state index contributed by atoms with van der Waals surface area (Å²) in [5, 5.41) is 87.2. The van der Waals surface area contributed by atoms with Crippen molar-refractivity contribution in [2.75, 3.05) is 19.8 Å². The number of hydrogen-bond donors (Lipinski definition) is 9.